The predicted octanol–water partition coefficient (Wildman–Crippen LogP) is 1.09. The third kappa shape index (κ3) is 5.93. The minimum absolute atomic E-state index is 0.308. The van der Waals surface area contributed by atoms with Crippen molar-refractivity contribution < 1.29 is 9.53 Å². The molecule has 5 heteroatoms. The molecular formula is C16H31N3O2. The van der Waals surface area contributed by atoms with Crippen LogP contribution < -0.4 is 5.32 Å². The Morgan fingerprint density at radius 3 is 2.76 bits per heavy atom. The number of nitrogens with zero attached hydrogens (tertiary/aromatic N) is 2. The summed E-state index contributed by atoms with van der Waals surface area (Å²) in [4.78, 5) is 16.6. The Labute approximate surface area is 129 Å². The molecule has 2 aliphatic rings. The smallest absolute Gasteiger partial charge is 0.223 e. The first kappa shape index (κ1) is 16.7. The van der Waals surface area contributed by atoms with E-state index >= 15 is 0 Å². The lowest BCUT2D eigenvalue weighted by atomic mass is 10.1. The van der Waals surface area contributed by atoms with Crippen LogP contribution in [0.5, 0.6) is 0 Å². The van der Waals surface area contributed by atoms with Gasteiger partial charge in [0.05, 0.1) is 6.10 Å². The first-order valence-electron chi connectivity index (χ1n) is 8.62. The molecule has 0 aromatic carbocycles. The van der Waals surface area contributed by atoms with E-state index in [0.29, 0.717) is 18.4 Å². The highest BCUT2D eigenvalue weighted by atomic mass is 16.5. The van der Waals surface area contributed by atoms with Crippen LogP contribution in [-0.4, -0.2) is 74.2 Å². The molecule has 2 aliphatic heterocycles. The summed E-state index contributed by atoms with van der Waals surface area (Å²) in [6.45, 7) is 9.61. The molecule has 2 heterocycles. The largest absolute Gasteiger partial charge is 0.377 e. The van der Waals surface area contributed by atoms with Crippen molar-refractivity contribution in [1.29, 1.82) is 0 Å². The van der Waals surface area contributed by atoms with E-state index in [9.17, 15) is 4.79 Å². The number of rotatable bonds is 7. The van der Waals surface area contributed by atoms with Crippen LogP contribution in [-0.2, 0) is 9.53 Å². The molecule has 2 fully saturated rings. The summed E-state index contributed by atoms with van der Waals surface area (Å²) in [5.41, 5.74) is 0. The predicted molar refractivity (Wildman–Crippen MR) is 84.4 cm³/mol. The van der Waals surface area contributed by atoms with Gasteiger partial charge >= 0.3 is 0 Å². The van der Waals surface area contributed by atoms with E-state index in [0.717, 1.165) is 58.8 Å². The molecule has 21 heavy (non-hydrogen) atoms. The molecule has 1 atom stereocenters. The van der Waals surface area contributed by atoms with Gasteiger partial charge in [-0.3, -0.25) is 4.79 Å². The van der Waals surface area contributed by atoms with Crippen molar-refractivity contribution in [3.8, 4) is 0 Å². The molecule has 0 saturated carbocycles. The highest BCUT2D eigenvalue weighted by Crippen LogP contribution is 2.14. The number of hydrogen-bond donors (Lipinski definition) is 1. The van der Waals surface area contributed by atoms with Crippen LogP contribution in [0.25, 0.3) is 0 Å². The number of hydrogen-bond acceptors (Lipinski definition) is 4. The zero-order valence-corrected chi connectivity index (χ0v) is 13.5. The van der Waals surface area contributed by atoms with Gasteiger partial charge in [0.15, 0.2) is 0 Å². The Kier molecular flexibility index (Phi) is 7.47. The minimum Gasteiger partial charge on any atom is -0.377 e. The summed E-state index contributed by atoms with van der Waals surface area (Å²) in [7, 11) is 0. The summed E-state index contributed by atoms with van der Waals surface area (Å²) in [6.07, 6.45) is 5.81. The Balaban J connectivity index is 1.71. The average molecular weight is 297 g/mol. The fraction of sp³-hybridized carbons (Fsp3) is 0.938. The Morgan fingerprint density at radius 2 is 2.10 bits per heavy atom. The van der Waals surface area contributed by atoms with E-state index in [1.54, 1.807) is 0 Å². The monoisotopic (exact) mass is 297 g/mol. The lowest BCUT2D eigenvalue weighted by Crippen LogP contribution is -2.47. The number of carbonyl (C=O) groups is 1. The topological polar surface area (TPSA) is 44.8 Å². The molecule has 5 nitrogen and oxygen atoms in total. The van der Waals surface area contributed by atoms with Crippen LogP contribution >= 0.6 is 0 Å². The molecule has 0 bridgehead atoms. The maximum absolute atomic E-state index is 12.2. The van der Waals surface area contributed by atoms with Gasteiger partial charge in [0, 0.05) is 52.3 Å². The van der Waals surface area contributed by atoms with Crippen LogP contribution in [0, 0.1) is 0 Å². The van der Waals surface area contributed by atoms with Gasteiger partial charge in [-0.25, -0.2) is 0 Å². The SMILES string of the molecule is CCCN(CCC(=O)N1CCNCC1)CC1CCCCO1. The van der Waals surface area contributed by atoms with Gasteiger partial charge in [-0.1, -0.05) is 6.92 Å². The summed E-state index contributed by atoms with van der Waals surface area (Å²) in [5.74, 6) is 0.308. The molecule has 122 valence electrons. The Bertz CT molecular complexity index is 300. The second-order valence-electron chi connectivity index (χ2n) is 6.17. The standard InChI is InChI=1S/C16H31N3O2/c1-2-9-18(14-15-5-3-4-13-21-15)10-6-16(20)19-11-7-17-8-12-19/h15,17H,2-14H2,1H3. The first-order chi connectivity index (χ1) is 10.3. The van der Waals surface area contributed by atoms with E-state index in [2.05, 4.69) is 17.1 Å². The van der Waals surface area contributed by atoms with Gasteiger partial charge in [0.2, 0.25) is 5.91 Å². The molecule has 0 aromatic rings. The minimum atomic E-state index is 0.308. The van der Waals surface area contributed by atoms with Gasteiger partial charge in [-0.05, 0) is 32.2 Å². The summed E-state index contributed by atoms with van der Waals surface area (Å²) >= 11 is 0. The van der Waals surface area contributed by atoms with Crippen molar-refractivity contribution in [2.75, 3.05) is 52.4 Å². The van der Waals surface area contributed by atoms with Crippen LogP contribution in [0.3, 0.4) is 0 Å². The molecular weight excluding hydrogens is 266 g/mol. The first-order valence-corrected chi connectivity index (χ1v) is 8.62. The van der Waals surface area contributed by atoms with Gasteiger partial charge in [-0.2, -0.15) is 0 Å². The molecule has 2 rings (SSSR count). The maximum atomic E-state index is 12.2. The molecule has 0 radical (unpaired) electrons. The molecule has 1 N–H and O–H groups in total. The van der Waals surface area contributed by atoms with Gasteiger partial charge in [0.1, 0.15) is 0 Å². The molecule has 0 aromatic heterocycles. The Morgan fingerprint density at radius 1 is 1.29 bits per heavy atom. The quantitative estimate of drug-likeness (QED) is 0.764. The lowest BCUT2D eigenvalue weighted by molar-refractivity contribution is -0.132. The second kappa shape index (κ2) is 9.38. The van der Waals surface area contributed by atoms with Crippen molar-refractivity contribution in [3.05, 3.63) is 0 Å². The van der Waals surface area contributed by atoms with Crippen LogP contribution in [0.15, 0.2) is 0 Å². The van der Waals surface area contributed by atoms with Crippen LogP contribution in [0.2, 0.25) is 0 Å². The molecule has 1 amide bonds. The van der Waals surface area contributed by atoms with Crippen molar-refractivity contribution in [1.82, 2.24) is 15.1 Å². The van der Waals surface area contributed by atoms with Crippen molar-refractivity contribution in [3.63, 3.8) is 0 Å². The second-order valence-corrected chi connectivity index (χ2v) is 6.17. The number of carbonyl (C=O) groups excluding carboxylic acids is 1. The van der Waals surface area contributed by atoms with E-state index in [-0.39, 0.29) is 0 Å². The normalized spacial score (nSPS) is 23.5. The van der Waals surface area contributed by atoms with E-state index in [4.69, 9.17) is 4.74 Å². The summed E-state index contributed by atoms with van der Waals surface area (Å²) in [6, 6.07) is 0. The fourth-order valence-corrected chi connectivity index (χ4v) is 3.18. The van der Waals surface area contributed by atoms with Crippen LogP contribution in [0.4, 0.5) is 0 Å². The zero-order valence-electron chi connectivity index (χ0n) is 13.5. The Hall–Kier alpha value is -0.650. The maximum Gasteiger partial charge on any atom is 0.223 e. The zero-order chi connectivity index (χ0) is 14.9. The van der Waals surface area contributed by atoms with Gasteiger partial charge in [-0.15, -0.1) is 0 Å². The fourth-order valence-electron chi connectivity index (χ4n) is 3.18. The van der Waals surface area contributed by atoms with Crippen LogP contribution in [0.1, 0.15) is 39.0 Å². The van der Waals surface area contributed by atoms with E-state index in [1.807, 2.05) is 4.90 Å². The van der Waals surface area contributed by atoms with Crippen molar-refractivity contribution in [2.45, 2.75) is 45.1 Å². The number of amides is 1. The number of ether oxygens (including phenoxy) is 1. The number of nitrogens with one attached hydrogen (secondary N) is 1. The average Bonchev–Trinajstić information content (AvgIpc) is 2.54. The number of piperazine rings is 1. The highest BCUT2D eigenvalue weighted by Gasteiger charge is 2.20. The lowest BCUT2D eigenvalue weighted by Gasteiger charge is -2.31. The molecule has 2 saturated heterocycles. The highest BCUT2D eigenvalue weighted by molar-refractivity contribution is 5.76. The molecule has 1 unspecified atom stereocenters. The third-order valence-corrected chi connectivity index (χ3v) is 4.39. The van der Waals surface area contributed by atoms with Crippen molar-refractivity contribution >= 4 is 5.91 Å². The van der Waals surface area contributed by atoms with E-state index < -0.39 is 0 Å². The van der Waals surface area contributed by atoms with Crippen molar-refractivity contribution in [2.24, 2.45) is 0 Å². The molecule has 0 spiro atoms. The summed E-state index contributed by atoms with van der Waals surface area (Å²) < 4.78 is 5.83. The van der Waals surface area contributed by atoms with Gasteiger partial charge < -0.3 is 19.9 Å². The third-order valence-electron chi connectivity index (χ3n) is 4.39. The molecule has 0 aliphatic carbocycles. The van der Waals surface area contributed by atoms with E-state index in [1.165, 1.54) is 19.3 Å². The summed E-state index contributed by atoms with van der Waals surface area (Å²) in [5, 5.41) is 3.29. The van der Waals surface area contributed by atoms with Gasteiger partial charge in [0.25, 0.3) is 0 Å².